The molecular weight excluding hydrogens is 303 g/mol. The molecule has 0 saturated carbocycles. The molecule has 2 rings (SSSR count). The molecule has 0 aliphatic carbocycles. The van der Waals surface area contributed by atoms with Crippen molar-refractivity contribution in [2.45, 2.75) is 32.0 Å². The molecule has 6 heteroatoms. The number of benzene rings is 1. The number of alkyl halides is 3. The summed E-state index contributed by atoms with van der Waals surface area (Å²) in [5, 5.41) is 8.51. The van der Waals surface area contributed by atoms with E-state index in [4.69, 9.17) is 5.26 Å². The SMILES string of the molecule is N#CCCCCN1CCN(Cc2cccc(C(F)(F)F)c2)CC1. The van der Waals surface area contributed by atoms with Crippen molar-refractivity contribution < 1.29 is 13.2 Å². The Morgan fingerprint density at radius 2 is 1.74 bits per heavy atom. The normalized spacial score (nSPS) is 17.1. The number of halogens is 3. The lowest BCUT2D eigenvalue weighted by molar-refractivity contribution is -0.137. The number of piperazine rings is 1. The zero-order valence-corrected chi connectivity index (χ0v) is 13.1. The molecule has 1 aromatic rings. The van der Waals surface area contributed by atoms with Crippen molar-refractivity contribution in [3.8, 4) is 6.07 Å². The summed E-state index contributed by atoms with van der Waals surface area (Å²) in [6.07, 6.45) is -1.71. The van der Waals surface area contributed by atoms with Gasteiger partial charge in [0.1, 0.15) is 0 Å². The minimum atomic E-state index is -4.28. The lowest BCUT2D eigenvalue weighted by Gasteiger charge is -2.34. The van der Waals surface area contributed by atoms with E-state index in [1.54, 1.807) is 6.07 Å². The molecule has 0 aromatic heterocycles. The summed E-state index contributed by atoms with van der Waals surface area (Å²) in [4.78, 5) is 4.56. The van der Waals surface area contributed by atoms with Gasteiger partial charge in [0.2, 0.25) is 0 Å². The Balaban J connectivity index is 1.77. The van der Waals surface area contributed by atoms with Gasteiger partial charge in [0, 0.05) is 39.1 Å². The molecule has 0 bridgehead atoms. The Morgan fingerprint density at radius 1 is 1.04 bits per heavy atom. The predicted molar refractivity (Wildman–Crippen MR) is 82.6 cm³/mol. The fourth-order valence-electron chi connectivity index (χ4n) is 2.81. The quantitative estimate of drug-likeness (QED) is 0.750. The Morgan fingerprint density at radius 3 is 2.39 bits per heavy atom. The Hall–Kier alpha value is -1.58. The highest BCUT2D eigenvalue weighted by molar-refractivity contribution is 5.25. The van der Waals surface area contributed by atoms with Gasteiger partial charge in [-0.2, -0.15) is 18.4 Å². The molecule has 0 amide bonds. The lowest BCUT2D eigenvalue weighted by Crippen LogP contribution is -2.46. The van der Waals surface area contributed by atoms with Crippen molar-refractivity contribution in [3.63, 3.8) is 0 Å². The van der Waals surface area contributed by atoms with E-state index in [-0.39, 0.29) is 0 Å². The second-order valence-corrected chi connectivity index (χ2v) is 5.93. The molecule has 1 fully saturated rings. The van der Waals surface area contributed by atoms with Crippen LogP contribution in [0.25, 0.3) is 0 Å². The van der Waals surface area contributed by atoms with Crippen LogP contribution in [-0.4, -0.2) is 42.5 Å². The molecule has 1 aromatic carbocycles. The fourth-order valence-corrected chi connectivity index (χ4v) is 2.81. The van der Waals surface area contributed by atoms with Crippen molar-refractivity contribution in [2.24, 2.45) is 0 Å². The Labute approximate surface area is 135 Å². The summed E-state index contributed by atoms with van der Waals surface area (Å²) in [6.45, 7) is 5.17. The van der Waals surface area contributed by atoms with E-state index in [9.17, 15) is 13.2 Å². The van der Waals surface area contributed by atoms with Crippen LogP contribution < -0.4 is 0 Å². The third-order valence-corrected chi connectivity index (χ3v) is 4.14. The van der Waals surface area contributed by atoms with Crippen LogP contribution in [0.1, 0.15) is 30.4 Å². The molecule has 0 N–H and O–H groups in total. The first-order chi connectivity index (χ1) is 11.0. The molecule has 0 spiro atoms. The van der Waals surface area contributed by atoms with Gasteiger partial charge in [-0.3, -0.25) is 4.90 Å². The number of unbranched alkanes of at least 4 members (excludes halogenated alkanes) is 2. The highest BCUT2D eigenvalue weighted by atomic mass is 19.4. The molecule has 0 unspecified atom stereocenters. The molecule has 1 aliphatic rings. The molecule has 1 aliphatic heterocycles. The van der Waals surface area contributed by atoms with Crippen molar-refractivity contribution in [1.82, 2.24) is 9.80 Å². The molecule has 0 atom stereocenters. The number of hydrogen-bond acceptors (Lipinski definition) is 3. The summed E-state index contributed by atoms with van der Waals surface area (Å²) >= 11 is 0. The highest BCUT2D eigenvalue weighted by Gasteiger charge is 2.30. The molecule has 1 heterocycles. The van der Waals surface area contributed by atoms with E-state index in [1.165, 1.54) is 12.1 Å². The van der Waals surface area contributed by atoms with Gasteiger partial charge in [-0.1, -0.05) is 18.2 Å². The van der Waals surface area contributed by atoms with Gasteiger partial charge in [0.15, 0.2) is 0 Å². The first-order valence-corrected chi connectivity index (χ1v) is 7.97. The maximum Gasteiger partial charge on any atom is 0.416 e. The van der Waals surface area contributed by atoms with E-state index >= 15 is 0 Å². The lowest BCUT2D eigenvalue weighted by atomic mass is 10.1. The second kappa shape index (κ2) is 8.32. The van der Waals surface area contributed by atoms with Crippen molar-refractivity contribution in [3.05, 3.63) is 35.4 Å². The van der Waals surface area contributed by atoms with Crippen LogP contribution in [0.5, 0.6) is 0 Å². The fraction of sp³-hybridized carbons (Fsp3) is 0.588. The monoisotopic (exact) mass is 325 g/mol. The summed E-state index contributed by atoms with van der Waals surface area (Å²) in [7, 11) is 0. The number of rotatable bonds is 6. The smallest absolute Gasteiger partial charge is 0.301 e. The summed E-state index contributed by atoms with van der Waals surface area (Å²) in [6, 6.07) is 7.74. The maximum absolute atomic E-state index is 12.7. The van der Waals surface area contributed by atoms with Crippen LogP contribution in [0.3, 0.4) is 0 Å². The average Bonchev–Trinajstić information content (AvgIpc) is 2.53. The average molecular weight is 325 g/mol. The van der Waals surface area contributed by atoms with Crippen LogP contribution in [0, 0.1) is 11.3 Å². The van der Waals surface area contributed by atoms with Crippen LogP contribution >= 0.6 is 0 Å². The van der Waals surface area contributed by atoms with E-state index in [2.05, 4.69) is 15.9 Å². The molecule has 23 heavy (non-hydrogen) atoms. The van der Waals surface area contributed by atoms with Crippen molar-refractivity contribution in [1.29, 1.82) is 5.26 Å². The van der Waals surface area contributed by atoms with Crippen LogP contribution in [0.15, 0.2) is 24.3 Å². The van der Waals surface area contributed by atoms with Gasteiger partial charge in [-0.15, -0.1) is 0 Å². The third kappa shape index (κ3) is 5.85. The molecule has 3 nitrogen and oxygen atoms in total. The standard InChI is InChI=1S/C17H22F3N3/c18-17(19,20)16-6-4-5-15(13-16)14-23-11-9-22(10-12-23)8-3-1-2-7-21/h4-6,13H,1-3,8-12,14H2. The van der Waals surface area contributed by atoms with E-state index in [0.717, 1.165) is 51.6 Å². The molecular formula is C17H22F3N3. The number of nitriles is 1. The Bertz CT molecular complexity index is 529. The minimum absolute atomic E-state index is 0.562. The van der Waals surface area contributed by atoms with Crippen molar-refractivity contribution in [2.75, 3.05) is 32.7 Å². The zero-order chi connectivity index (χ0) is 16.7. The summed E-state index contributed by atoms with van der Waals surface area (Å²) in [5.74, 6) is 0. The first kappa shape index (κ1) is 17.8. The first-order valence-electron chi connectivity index (χ1n) is 7.97. The van der Waals surface area contributed by atoms with E-state index in [1.807, 2.05) is 0 Å². The largest absolute Gasteiger partial charge is 0.416 e. The maximum atomic E-state index is 12.7. The molecule has 0 radical (unpaired) electrons. The van der Waals surface area contributed by atoms with Crippen LogP contribution in [0.4, 0.5) is 13.2 Å². The molecule has 1 saturated heterocycles. The van der Waals surface area contributed by atoms with Gasteiger partial charge >= 0.3 is 6.18 Å². The van der Waals surface area contributed by atoms with Gasteiger partial charge in [0.05, 0.1) is 11.6 Å². The molecule has 126 valence electrons. The Kier molecular flexibility index (Phi) is 6.43. The zero-order valence-electron chi connectivity index (χ0n) is 13.1. The predicted octanol–water partition coefficient (Wildman–Crippen LogP) is 3.52. The van der Waals surface area contributed by atoms with Gasteiger partial charge < -0.3 is 4.90 Å². The topological polar surface area (TPSA) is 30.3 Å². The number of nitrogens with zero attached hydrogens (tertiary/aromatic N) is 3. The highest BCUT2D eigenvalue weighted by Crippen LogP contribution is 2.29. The van der Waals surface area contributed by atoms with Gasteiger partial charge in [0.25, 0.3) is 0 Å². The van der Waals surface area contributed by atoms with Crippen LogP contribution in [-0.2, 0) is 12.7 Å². The van der Waals surface area contributed by atoms with Gasteiger partial charge in [-0.25, -0.2) is 0 Å². The van der Waals surface area contributed by atoms with Crippen LogP contribution in [0.2, 0.25) is 0 Å². The summed E-state index contributed by atoms with van der Waals surface area (Å²) < 4.78 is 38.2. The van der Waals surface area contributed by atoms with Gasteiger partial charge in [-0.05, 0) is 31.0 Å². The van der Waals surface area contributed by atoms with E-state index in [0.29, 0.717) is 18.5 Å². The number of hydrogen-bond donors (Lipinski definition) is 0. The summed E-state index contributed by atoms with van der Waals surface area (Å²) in [5.41, 5.74) is 0.133. The van der Waals surface area contributed by atoms with E-state index < -0.39 is 11.7 Å². The van der Waals surface area contributed by atoms with Crippen molar-refractivity contribution >= 4 is 0 Å². The second-order valence-electron chi connectivity index (χ2n) is 5.93. The minimum Gasteiger partial charge on any atom is -0.301 e. The third-order valence-electron chi connectivity index (χ3n) is 4.14.